The highest BCUT2D eigenvalue weighted by molar-refractivity contribution is 7.80. The molecule has 0 aromatic rings. The molecule has 0 heterocycles. The zero-order chi connectivity index (χ0) is 14.1. The molecule has 0 aliphatic rings. The highest BCUT2D eigenvalue weighted by Crippen LogP contribution is 2.06. The third kappa shape index (κ3) is 7.95. The minimum atomic E-state index is -1.08. The fraction of sp³-hybridized carbons (Fsp3) is 0.538. The average molecular weight is 271 g/mol. The zero-order valence-corrected chi connectivity index (χ0v) is 12.0. The van der Waals surface area contributed by atoms with Gasteiger partial charge >= 0.3 is 5.97 Å². The van der Waals surface area contributed by atoms with Crippen LogP contribution in [0, 0.1) is 0 Å². The molecule has 0 rings (SSSR count). The van der Waals surface area contributed by atoms with Crippen LogP contribution in [0.4, 0.5) is 0 Å². The van der Waals surface area contributed by atoms with Gasteiger partial charge in [-0.2, -0.15) is 12.6 Å². The van der Waals surface area contributed by atoms with Gasteiger partial charge in [-0.3, -0.25) is 4.79 Å². The van der Waals surface area contributed by atoms with Crippen molar-refractivity contribution in [3.05, 3.63) is 23.3 Å². The van der Waals surface area contributed by atoms with E-state index < -0.39 is 12.0 Å². The molecule has 1 amide bonds. The summed E-state index contributed by atoms with van der Waals surface area (Å²) in [6.07, 6.45) is 5.21. The molecule has 0 aromatic carbocycles. The van der Waals surface area contributed by atoms with Crippen molar-refractivity contribution in [3.8, 4) is 0 Å². The van der Waals surface area contributed by atoms with E-state index in [0.29, 0.717) is 0 Å². The van der Waals surface area contributed by atoms with Crippen molar-refractivity contribution in [1.82, 2.24) is 5.32 Å². The van der Waals surface area contributed by atoms with Crippen LogP contribution in [0.25, 0.3) is 0 Å². The number of amides is 1. The van der Waals surface area contributed by atoms with Crippen LogP contribution in [0.2, 0.25) is 0 Å². The minimum Gasteiger partial charge on any atom is -0.480 e. The molecule has 0 aliphatic carbocycles. The van der Waals surface area contributed by atoms with Gasteiger partial charge < -0.3 is 10.4 Å². The predicted molar refractivity (Wildman–Crippen MR) is 75.8 cm³/mol. The van der Waals surface area contributed by atoms with E-state index in [4.69, 9.17) is 5.11 Å². The summed E-state index contributed by atoms with van der Waals surface area (Å²) >= 11 is 3.88. The largest absolute Gasteiger partial charge is 0.480 e. The summed E-state index contributed by atoms with van der Waals surface area (Å²) in [5, 5.41) is 11.2. The second kappa shape index (κ2) is 8.80. The van der Waals surface area contributed by atoms with E-state index in [9.17, 15) is 9.59 Å². The Bertz CT molecular complexity index is 357. The van der Waals surface area contributed by atoms with Crippen LogP contribution >= 0.6 is 12.6 Å². The SMILES string of the molecule is CC(C)=CCCC(C)=CC(=O)N[C@@H](CS)C(=O)O. The molecule has 0 unspecified atom stereocenters. The first-order valence-electron chi connectivity index (χ1n) is 5.81. The number of carbonyl (C=O) groups is 2. The zero-order valence-electron chi connectivity index (χ0n) is 11.1. The van der Waals surface area contributed by atoms with Gasteiger partial charge in [0, 0.05) is 11.8 Å². The lowest BCUT2D eigenvalue weighted by molar-refractivity contribution is -0.140. The Balaban J connectivity index is 4.27. The van der Waals surface area contributed by atoms with Gasteiger partial charge in [-0.1, -0.05) is 17.2 Å². The van der Waals surface area contributed by atoms with Crippen molar-refractivity contribution < 1.29 is 14.7 Å². The Kier molecular flexibility index (Phi) is 8.20. The molecule has 4 nitrogen and oxygen atoms in total. The highest BCUT2D eigenvalue weighted by Gasteiger charge is 2.16. The monoisotopic (exact) mass is 271 g/mol. The Morgan fingerprint density at radius 3 is 2.39 bits per heavy atom. The van der Waals surface area contributed by atoms with E-state index in [1.807, 2.05) is 20.8 Å². The molecule has 0 aromatic heterocycles. The fourth-order valence-corrected chi connectivity index (χ4v) is 1.53. The summed E-state index contributed by atoms with van der Waals surface area (Å²) in [6, 6.07) is -0.942. The number of allylic oxidation sites excluding steroid dienone is 3. The van der Waals surface area contributed by atoms with E-state index >= 15 is 0 Å². The van der Waals surface area contributed by atoms with Crippen molar-refractivity contribution in [2.45, 2.75) is 39.7 Å². The Morgan fingerprint density at radius 1 is 1.33 bits per heavy atom. The van der Waals surface area contributed by atoms with Crippen LogP contribution in [0.5, 0.6) is 0 Å². The number of carboxylic acid groups (broad SMARTS) is 1. The third-order valence-corrected chi connectivity index (χ3v) is 2.63. The molecule has 5 heteroatoms. The van der Waals surface area contributed by atoms with E-state index in [-0.39, 0.29) is 11.7 Å². The number of nitrogens with one attached hydrogen (secondary N) is 1. The average Bonchev–Trinajstić information content (AvgIpc) is 2.24. The molecule has 2 N–H and O–H groups in total. The van der Waals surface area contributed by atoms with E-state index in [0.717, 1.165) is 18.4 Å². The molecule has 1 atom stereocenters. The smallest absolute Gasteiger partial charge is 0.327 e. The molecule has 0 saturated heterocycles. The van der Waals surface area contributed by atoms with Crippen LogP contribution in [0.1, 0.15) is 33.6 Å². The molecular formula is C13H21NO3S. The molecule has 0 radical (unpaired) electrons. The summed E-state index contributed by atoms with van der Waals surface area (Å²) in [5.74, 6) is -1.38. The summed E-state index contributed by atoms with van der Waals surface area (Å²) in [5.41, 5.74) is 2.17. The first kappa shape index (κ1) is 16.8. The van der Waals surface area contributed by atoms with Crippen LogP contribution in [0.3, 0.4) is 0 Å². The van der Waals surface area contributed by atoms with Crippen molar-refractivity contribution >= 4 is 24.5 Å². The van der Waals surface area contributed by atoms with Crippen molar-refractivity contribution in [3.63, 3.8) is 0 Å². The maximum absolute atomic E-state index is 11.5. The number of rotatable bonds is 7. The molecule has 102 valence electrons. The lowest BCUT2D eigenvalue weighted by Gasteiger charge is -2.10. The van der Waals surface area contributed by atoms with Gasteiger partial charge in [-0.25, -0.2) is 4.79 Å². The first-order chi connectivity index (χ1) is 8.36. The van der Waals surface area contributed by atoms with Gasteiger partial charge in [0.15, 0.2) is 0 Å². The van der Waals surface area contributed by atoms with Gasteiger partial charge in [0.2, 0.25) is 5.91 Å². The maximum Gasteiger partial charge on any atom is 0.327 e. The lowest BCUT2D eigenvalue weighted by atomic mass is 10.1. The summed E-state index contributed by atoms with van der Waals surface area (Å²) in [4.78, 5) is 22.2. The molecule has 18 heavy (non-hydrogen) atoms. The van der Waals surface area contributed by atoms with Crippen LogP contribution in [-0.2, 0) is 9.59 Å². The van der Waals surface area contributed by atoms with E-state index in [1.165, 1.54) is 11.6 Å². The maximum atomic E-state index is 11.5. The van der Waals surface area contributed by atoms with E-state index in [1.54, 1.807) is 0 Å². The van der Waals surface area contributed by atoms with Gasteiger partial charge in [-0.05, 0) is 33.6 Å². The van der Waals surface area contributed by atoms with Crippen LogP contribution < -0.4 is 5.32 Å². The third-order valence-electron chi connectivity index (χ3n) is 2.27. The van der Waals surface area contributed by atoms with Gasteiger partial charge in [0.05, 0.1) is 0 Å². The van der Waals surface area contributed by atoms with Crippen molar-refractivity contribution in [1.29, 1.82) is 0 Å². The second-order valence-corrected chi connectivity index (χ2v) is 4.76. The van der Waals surface area contributed by atoms with Gasteiger partial charge in [0.1, 0.15) is 6.04 Å². The second-order valence-electron chi connectivity index (χ2n) is 4.39. The molecule has 0 bridgehead atoms. The number of aliphatic carboxylic acids is 1. The summed E-state index contributed by atoms with van der Waals surface area (Å²) in [6.45, 7) is 5.90. The quantitative estimate of drug-likeness (QED) is 0.378. The van der Waals surface area contributed by atoms with Gasteiger partial charge in [-0.15, -0.1) is 0 Å². The van der Waals surface area contributed by atoms with Crippen LogP contribution in [-0.4, -0.2) is 28.8 Å². The van der Waals surface area contributed by atoms with Crippen molar-refractivity contribution in [2.75, 3.05) is 5.75 Å². The molecule has 0 saturated carbocycles. The number of thiol groups is 1. The number of carboxylic acids is 1. The highest BCUT2D eigenvalue weighted by atomic mass is 32.1. The normalized spacial score (nSPS) is 12.8. The minimum absolute atomic E-state index is 0.0751. The van der Waals surface area contributed by atoms with Gasteiger partial charge in [0.25, 0.3) is 0 Å². The summed E-state index contributed by atoms with van der Waals surface area (Å²) < 4.78 is 0. The molecule has 0 aliphatic heterocycles. The Hall–Kier alpha value is -1.23. The Labute approximate surface area is 114 Å². The summed E-state index contributed by atoms with van der Waals surface area (Å²) in [7, 11) is 0. The number of hydrogen-bond donors (Lipinski definition) is 3. The fourth-order valence-electron chi connectivity index (χ4n) is 1.28. The number of hydrogen-bond acceptors (Lipinski definition) is 3. The topological polar surface area (TPSA) is 66.4 Å². The first-order valence-corrected chi connectivity index (χ1v) is 6.44. The lowest BCUT2D eigenvalue weighted by Crippen LogP contribution is -2.41. The molecule has 0 spiro atoms. The molecular weight excluding hydrogens is 250 g/mol. The number of carbonyl (C=O) groups excluding carboxylic acids is 1. The Morgan fingerprint density at radius 2 is 1.94 bits per heavy atom. The van der Waals surface area contributed by atoms with E-state index in [2.05, 4.69) is 24.0 Å². The molecule has 0 fully saturated rings. The van der Waals surface area contributed by atoms with Crippen molar-refractivity contribution in [2.24, 2.45) is 0 Å². The predicted octanol–water partition coefficient (Wildman–Crippen LogP) is 2.18. The van der Waals surface area contributed by atoms with Crippen LogP contribution in [0.15, 0.2) is 23.3 Å². The standard InChI is InChI=1S/C13H21NO3S/c1-9(2)5-4-6-10(3)7-12(15)14-11(8-18)13(16)17/h5,7,11,18H,4,6,8H2,1-3H3,(H,14,15)(H,16,17)/t11-/m0/s1.